The molecule has 6 heteroatoms. The van der Waals surface area contributed by atoms with E-state index in [-0.39, 0.29) is 17.3 Å². The molecule has 1 aliphatic carbocycles. The average molecular weight is 411 g/mol. The van der Waals surface area contributed by atoms with Gasteiger partial charge in [-0.15, -0.1) is 0 Å². The molecule has 1 aliphatic heterocycles. The lowest BCUT2D eigenvalue weighted by Crippen LogP contribution is -2.43. The SMILES string of the molecule is COc1ccc([C@@]23CC=C(OC(=O)c4ccc(F)cc4)C[C@@H]2N(C)CC3)cc1OC. The van der Waals surface area contributed by atoms with Gasteiger partial charge in [-0.2, -0.15) is 0 Å². The first-order chi connectivity index (χ1) is 14.5. The Kier molecular flexibility index (Phi) is 5.52. The first kappa shape index (κ1) is 20.4. The molecule has 0 aromatic heterocycles. The Morgan fingerprint density at radius 2 is 1.83 bits per heavy atom. The molecule has 0 amide bonds. The van der Waals surface area contributed by atoms with Crippen LogP contribution in [0.5, 0.6) is 11.5 Å². The number of hydrogen-bond donors (Lipinski definition) is 0. The Hall–Kier alpha value is -2.86. The molecule has 2 aromatic rings. The third kappa shape index (κ3) is 3.56. The first-order valence-electron chi connectivity index (χ1n) is 10.1. The van der Waals surface area contributed by atoms with E-state index in [1.807, 2.05) is 12.1 Å². The summed E-state index contributed by atoms with van der Waals surface area (Å²) in [7, 11) is 5.39. The van der Waals surface area contributed by atoms with E-state index < -0.39 is 5.97 Å². The van der Waals surface area contributed by atoms with Crippen molar-refractivity contribution >= 4 is 5.97 Å². The number of halogens is 1. The summed E-state index contributed by atoms with van der Waals surface area (Å²) >= 11 is 0. The standard InChI is InChI=1S/C24H26FNO4/c1-26-13-12-24(17-6-9-20(28-2)21(14-17)29-3)11-10-19(15-22(24)26)30-23(27)16-4-7-18(25)8-5-16/h4-10,14,22H,11-13,15H2,1-3H3/t22-,24-/m0/s1. The summed E-state index contributed by atoms with van der Waals surface area (Å²) in [6, 6.07) is 11.7. The quantitative estimate of drug-likeness (QED) is 0.686. The van der Waals surface area contributed by atoms with Gasteiger partial charge in [-0.25, -0.2) is 9.18 Å². The van der Waals surface area contributed by atoms with Gasteiger partial charge in [-0.1, -0.05) is 6.07 Å². The number of methoxy groups -OCH3 is 2. The summed E-state index contributed by atoms with van der Waals surface area (Å²) < 4.78 is 29.7. The van der Waals surface area contributed by atoms with Crippen LogP contribution in [0.3, 0.4) is 0 Å². The number of hydrogen-bond acceptors (Lipinski definition) is 5. The molecule has 1 fully saturated rings. The summed E-state index contributed by atoms with van der Waals surface area (Å²) in [5.41, 5.74) is 1.48. The van der Waals surface area contributed by atoms with Crippen molar-refractivity contribution in [3.05, 3.63) is 71.2 Å². The van der Waals surface area contributed by atoms with Crippen LogP contribution in [0, 0.1) is 5.82 Å². The molecule has 1 heterocycles. The molecule has 0 unspecified atom stereocenters. The summed E-state index contributed by atoms with van der Waals surface area (Å²) in [5.74, 6) is 1.26. The molecule has 1 saturated heterocycles. The predicted octanol–water partition coefficient (Wildman–Crippen LogP) is 4.32. The minimum atomic E-state index is -0.458. The van der Waals surface area contributed by atoms with E-state index in [9.17, 15) is 9.18 Å². The third-order valence-electron chi connectivity index (χ3n) is 6.43. The number of likely N-dealkylation sites (N-methyl/N-ethyl adjacent to an activating group) is 1. The van der Waals surface area contributed by atoms with E-state index in [0.29, 0.717) is 23.5 Å². The number of nitrogens with zero attached hydrogens (tertiary/aromatic N) is 1. The van der Waals surface area contributed by atoms with Gasteiger partial charge < -0.3 is 19.1 Å². The van der Waals surface area contributed by atoms with Crippen molar-refractivity contribution in [2.24, 2.45) is 0 Å². The van der Waals surface area contributed by atoms with E-state index in [4.69, 9.17) is 14.2 Å². The van der Waals surface area contributed by atoms with Gasteiger partial charge >= 0.3 is 5.97 Å². The number of benzene rings is 2. The molecular weight excluding hydrogens is 385 g/mol. The van der Waals surface area contributed by atoms with Crippen molar-refractivity contribution in [3.8, 4) is 11.5 Å². The second-order valence-electron chi connectivity index (χ2n) is 7.95. The number of carbonyl (C=O) groups is 1. The Labute approximate surface area is 176 Å². The van der Waals surface area contributed by atoms with Crippen molar-refractivity contribution in [2.75, 3.05) is 27.8 Å². The molecule has 0 N–H and O–H groups in total. The molecule has 30 heavy (non-hydrogen) atoms. The largest absolute Gasteiger partial charge is 0.493 e. The highest BCUT2D eigenvalue weighted by Crippen LogP contribution is 2.49. The normalized spacial score (nSPS) is 23.5. The third-order valence-corrected chi connectivity index (χ3v) is 6.43. The average Bonchev–Trinajstić information content (AvgIpc) is 3.11. The monoisotopic (exact) mass is 411 g/mol. The van der Waals surface area contributed by atoms with Crippen LogP contribution in [-0.2, 0) is 10.2 Å². The number of esters is 1. The van der Waals surface area contributed by atoms with Crippen molar-refractivity contribution in [1.82, 2.24) is 4.90 Å². The lowest BCUT2D eigenvalue weighted by atomic mass is 9.68. The molecule has 4 rings (SSSR count). The summed E-state index contributed by atoms with van der Waals surface area (Å²) in [4.78, 5) is 14.8. The maximum Gasteiger partial charge on any atom is 0.343 e. The van der Waals surface area contributed by atoms with Crippen molar-refractivity contribution < 1.29 is 23.4 Å². The van der Waals surface area contributed by atoms with E-state index in [2.05, 4.69) is 24.1 Å². The van der Waals surface area contributed by atoms with Crippen LogP contribution in [-0.4, -0.2) is 44.7 Å². The number of likely N-dealkylation sites (tertiary alicyclic amines) is 1. The van der Waals surface area contributed by atoms with Crippen LogP contribution in [0.4, 0.5) is 4.39 Å². The fourth-order valence-corrected chi connectivity index (χ4v) is 4.73. The number of fused-ring (bicyclic) bond motifs is 1. The van der Waals surface area contributed by atoms with Gasteiger partial charge in [0, 0.05) is 17.9 Å². The number of rotatable bonds is 5. The first-order valence-corrected chi connectivity index (χ1v) is 10.1. The lowest BCUT2D eigenvalue weighted by molar-refractivity contribution is 0.0579. The van der Waals surface area contributed by atoms with Gasteiger partial charge in [0.25, 0.3) is 0 Å². The predicted molar refractivity (Wildman–Crippen MR) is 111 cm³/mol. The highest BCUT2D eigenvalue weighted by Gasteiger charge is 2.49. The zero-order valence-corrected chi connectivity index (χ0v) is 17.5. The van der Waals surface area contributed by atoms with Gasteiger partial charge in [0.1, 0.15) is 11.6 Å². The number of carbonyl (C=O) groups excluding carboxylic acids is 1. The highest BCUT2D eigenvalue weighted by atomic mass is 19.1. The van der Waals surface area contributed by atoms with Gasteiger partial charge in [-0.3, -0.25) is 0 Å². The lowest BCUT2D eigenvalue weighted by Gasteiger charge is -2.40. The fourth-order valence-electron chi connectivity index (χ4n) is 4.73. The number of allylic oxidation sites excluding steroid dienone is 1. The zero-order chi connectivity index (χ0) is 21.3. The molecular formula is C24H26FNO4. The highest BCUT2D eigenvalue weighted by molar-refractivity contribution is 5.90. The fraction of sp³-hybridized carbons (Fsp3) is 0.375. The number of ether oxygens (including phenoxy) is 3. The molecule has 0 bridgehead atoms. The van der Waals surface area contributed by atoms with Crippen molar-refractivity contribution in [1.29, 1.82) is 0 Å². The van der Waals surface area contributed by atoms with E-state index in [0.717, 1.165) is 25.1 Å². The molecule has 2 aliphatic rings. The van der Waals surface area contributed by atoms with Crippen LogP contribution in [0.1, 0.15) is 35.2 Å². The molecule has 0 radical (unpaired) electrons. The maximum absolute atomic E-state index is 13.1. The van der Waals surface area contributed by atoms with Gasteiger partial charge in [0.15, 0.2) is 11.5 Å². The zero-order valence-electron chi connectivity index (χ0n) is 17.5. The minimum Gasteiger partial charge on any atom is -0.493 e. The molecule has 2 aromatic carbocycles. The van der Waals surface area contributed by atoms with Gasteiger partial charge in [0.05, 0.1) is 19.8 Å². The molecule has 158 valence electrons. The van der Waals surface area contributed by atoms with Gasteiger partial charge in [0.2, 0.25) is 0 Å². The maximum atomic E-state index is 13.1. The topological polar surface area (TPSA) is 48.0 Å². The molecule has 5 nitrogen and oxygen atoms in total. The Morgan fingerprint density at radius 3 is 2.53 bits per heavy atom. The van der Waals surface area contributed by atoms with E-state index >= 15 is 0 Å². The second-order valence-corrected chi connectivity index (χ2v) is 7.95. The van der Waals surface area contributed by atoms with Gasteiger partial charge in [-0.05, 0) is 74.5 Å². The van der Waals surface area contributed by atoms with E-state index in [1.54, 1.807) is 14.2 Å². The second kappa shape index (κ2) is 8.11. The molecule has 0 saturated carbocycles. The smallest absolute Gasteiger partial charge is 0.343 e. The van der Waals surface area contributed by atoms with Crippen molar-refractivity contribution in [2.45, 2.75) is 30.7 Å². The molecule has 2 atom stereocenters. The van der Waals surface area contributed by atoms with Crippen LogP contribution < -0.4 is 9.47 Å². The summed E-state index contributed by atoms with van der Waals surface area (Å²) in [6.45, 7) is 0.964. The van der Waals surface area contributed by atoms with Crippen LogP contribution in [0.15, 0.2) is 54.3 Å². The summed E-state index contributed by atoms with van der Waals surface area (Å²) in [5, 5.41) is 0. The Morgan fingerprint density at radius 1 is 1.10 bits per heavy atom. The molecule has 0 spiro atoms. The van der Waals surface area contributed by atoms with Crippen LogP contribution in [0.25, 0.3) is 0 Å². The summed E-state index contributed by atoms with van der Waals surface area (Å²) in [6.07, 6.45) is 4.44. The Bertz CT molecular complexity index is 972. The Balaban J connectivity index is 1.60. The van der Waals surface area contributed by atoms with Crippen LogP contribution in [0.2, 0.25) is 0 Å². The van der Waals surface area contributed by atoms with Crippen LogP contribution >= 0.6 is 0 Å². The minimum absolute atomic E-state index is 0.0694. The van der Waals surface area contributed by atoms with E-state index in [1.165, 1.54) is 29.8 Å². The van der Waals surface area contributed by atoms with Crippen molar-refractivity contribution in [3.63, 3.8) is 0 Å².